The number of hydrogen-bond acceptors (Lipinski definition) is 8. The molecule has 0 aromatic carbocycles. The summed E-state index contributed by atoms with van der Waals surface area (Å²) in [6.45, 7) is 14.9. The van der Waals surface area contributed by atoms with Crippen LogP contribution in [0.25, 0.3) is 0 Å². The number of alkyl halides is 28. The summed E-state index contributed by atoms with van der Waals surface area (Å²) >= 11 is 0. The zero-order chi connectivity index (χ0) is 63.4. The van der Waals surface area contributed by atoms with Crippen LogP contribution in [0, 0.1) is 21.7 Å². The van der Waals surface area contributed by atoms with Gasteiger partial charge in [0.1, 0.15) is 23.0 Å². The van der Waals surface area contributed by atoms with E-state index in [0.29, 0.717) is 0 Å². The predicted octanol–water partition coefficient (Wildman–Crippen LogP) is 15.5. The summed E-state index contributed by atoms with van der Waals surface area (Å²) in [5.74, 6) is -65.5. The van der Waals surface area contributed by atoms with E-state index in [1.807, 2.05) is 0 Å². The van der Waals surface area contributed by atoms with Crippen molar-refractivity contribution in [2.75, 3.05) is 0 Å². The number of hydrogen-bond donors (Lipinski definition) is 4. The second-order valence-corrected chi connectivity index (χ2v) is 19.2. The van der Waals surface area contributed by atoms with Gasteiger partial charge in [-0.15, -0.1) is 0 Å². The van der Waals surface area contributed by atoms with Crippen molar-refractivity contribution < 1.29 is 189 Å². The molecule has 0 unspecified atom stereocenters. The number of carbonyl (C=O) groups excluding carboxylic acids is 4. The van der Waals surface area contributed by atoms with Gasteiger partial charge in [0.25, 0.3) is 0 Å². The van der Waals surface area contributed by atoms with Crippen LogP contribution in [0.2, 0.25) is 0 Å². The molecule has 0 aromatic heterocycles. The van der Waals surface area contributed by atoms with Crippen molar-refractivity contribution in [2.45, 2.75) is 155 Å². The third kappa shape index (κ3) is 20.1. The molecular formula is C40H44F28O8Zr. The summed E-state index contributed by atoms with van der Waals surface area (Å²) in [4.78, 5) is 43.4. The molecular weight excluding hydrogens is 1230 g/mol. The van der Waals surface area contributed by atoms with Gasteiger partial charge in [0.2, 0.25) is 23.1 Å². The zero-order valence-corrected chi connectivity index (χ0v) is 43.3. The Morgan fingerprint density at radius 1 is 0.247 bits per heavy atom. The van der Waals surface area contributed by atoms with E-state index in [1.54, 1.807) is 0 Å². The monoisotopic (exact) mass is 1270 g/mol. The number of allylic oxidation sites excluding steroid dienone is 8. The third-order valence-electron chi connectivity index (χ3n) is 8.38. The molecule has 0 saturated heterocycles. The van der Waals surface area contributed by atoms with Crippen molar-refractivity contribution >= 4 is 23.1 Å². The third-order valence-corrected chi connectivity index (χ3v) is 8.38. The van der Waals surface area contributed by atoms with Gasteiger partial charge in [-0.25, -0.2) is 0 Å². The summed E-state index contributed by atoms with van der Waals surface area (Å²) in [6, 6.07) is 0. The molecule has 0 spiro atoms. The fourth-order valence-electron chi connectivity index (χ4n) is 3.06. The Balaban J connectivity index is -0.000000298. The van der Waals surface area contributed by atoms with Crippen LogP contribution in [0.5, 0.6) is 0 Å². The Bertz CT molecular complexity index is 1860. The van der Waals surface area contributed by atoms with Crippen molar-refractivity contribution in [3.8, 4) is 0 Å². The van der Waals surface area contributed by atoms with E-state index in [1.165, 1.54) is 83.1 Å². The molecule has 0 radical (unpaired) electrons. The minimum Gasteiger partial charge on any atom is -0.512 e. The Morgan fingerprint density at radius 3 is 0.403 bits per heavy atom. The maximum atomic E-state index is 12.9. The molecule has 8 nitrogen and oxygen atoms in total. The van der Waals surface area contributed by atoms with Crippen LogP contribution >= 0.6 is 0 Å². The molecule has 0 bridgehead atoms. The average molecular weight is 1280 g/mol. The van der Waals surface area contributed by atoms with Gasteiger partial charge in [-0.1, -0.05) is 83.1 Å². The smallest absolute Gasteiger partial charge is 0.460 e. The van der Waals surface area contributed by atoms with Gasteiger partial charge in [-0.2, -0.15) is 123 Å². The first kappa shape index (κ1) is 81.6. The number of rotatable bonds is 12. The molecule has 0 amide bonds. The van der Waals surface area contributed by atoms with Gasteiger partial charge in [-0.05, 0) is 0 Å². The van der Waals surface area contributed by atoms with E-state index in [4.69, 9.17) is 20.4 Å². The van der Waals surface area contributed by atoms with E-state index in [-0.39, 0.29) is 50.5 Å². The van der Waals surface area contributed by atoms with Crippen LogP contribution in [0.15, 0.2) is 47.3 Å². The van der Waals surface area contributed by atoms with Crippen molar-refractivity contribution in [3.63, 3.8) is 0 Å². The minimum absolute atomic E-state index is 0. The Labute approximate surface area is 435 Å². The van der Waals surface area contributed by atoms with E-state index in [2.05, 4.69) is 0 Å². The van der Waals surface area contributed by atoms with Crippen molar-refractivity contribution in [1.82, 2.24) is 0 Å². The van der Waals surface area contributed by atoms with Crippen LogP contribution < -0.4 is 0 Å². The molecule has 0 rings (SSSR count). The molecule has 0 atom stereocenters. The summed E-state index contributed by atoms with van der Waals surface area (Å²) in [5.41, 5.74) is -5.00. The van der Waals surface area contributed by atoms with Gasteiger partial charge in [0.15, 0.2) is 0 Å². The first-order valence-corrected chi connectivity index (χ1v) is 19.3. The normalized spacial score (nSPS) is 15.4. The Morgan fingerprint density at radius 2 is 0.338 bits per heavy atom. The second-order valence-electron chi connectivity index (χ2n) is 19.2. The molecule has 4 N–H and O–H groups in total. The summed E-state index contributed by atoms with van der Waals surface area (Å²) in [6.07, 6.45) is -27.6. The number of ketones is 4. The number of halogens is 28. The van der Waals surface area contributed by atoms with Gasteiger partial charge >= 0.3 is 72.1 Å². The molecule has 77 heavy (non-hydrogen) atoms. The predicted molar refractivity (Wildman–Crippen MR) is 204 cm³/mol. The van der Waals surface area contributed by atoms with Crippen molar-refractivity contribution in [1.29, 1.82) is 0 Å². The summed E-state index contributed by atoms with van der Waals surface area (Å²) in [5, 5.41) is 36.7. The van der Waals surface area contributed by atoms with E-state index in [9.17, 15) is 142 Å². The summed E-state index contributed by atoms with van der Waals surface area (Å²) < 4.78 is 344. The van der Waals surface area contributed by atoms with Gasteiger partial charge in [0, 0.05) is 72.2 Å². The van der Waals surface area contributed by atoms with Gasteiger partial charge in [-0.3, -0.25) is 19.2 Å². The topological polar surface area (TPSA) is 149 Å². The standard InChI is InChI=1S/4C10H11F7O2.Zr/c4*1-7(2,3)5(18)4-6(19)8(11,12)9(13,14)10(15,16)17;/h4*4,18H,1-3H3;. The fourth-order valence-corrected chi connectivity index (χ4v) is 3.06. The molecule has 0 aromatic rings. The SMILES string of the molecule is CC(C)(C)C(O)=CC(=O)C(F)(F)C(F)(F)C(F)(F)F.CC(C)(C)C(O)=CC(=O)C(F)(F)C(F)(F)C(F)(F)F.CC(C)(C)C(O)=CC(=O)C(F)(F)C(F)(F)C(F)(F)F.CC(C)(C)C(O)=CC(=O)C(F)(F)C(F)(F)C(F)(F)F.[Zr]. The minimum atomic E-state index is -6.59. The first-order chi connectivity index (χ1) is 32.2. The second kappa shape index (κ2) is 25.1. The largest absolute Gasteiger partial charge is 0.512 e. The maximum Gasteiger partial charge on any atom is 0.460 e. The molecule has 0 aliphatic rings. The molecule has 0 fully saturated rings. The van der Waals surface area contributed by atoms with Gasteiger partial charge in [0.05, 0.1) is 0 Å². The van der Waals surface area contributed by atoms with Crippen molar-refractivity contribution in [3.05, 3.63) is 47.3 Å². The van der Waals surface area contributed by atoms with E-state index in [0.717, 1.165) is 0 Å². The van der Waals surface area contributed by atoms with Crippen LogP contribution in [0.1, 0.15) is 83.1 Å². The Hall–Kier alpha value is -4.24. The number of aliphatic hydroxyl groups excluding tert-OH is 4. The molecule has 0 aliphatic carbocycles. The first-order valence-electron chi connectivity index (χ1n) is 19.3. The molecule has 0 aliphatic heterocycles. The molecule has 0 saturated carbocycles. The Kier molecular flexibility index (Phi) is 26.6. The molecule has 0 heterocycles. The number of aliphatic hydroxyl groups is 4. The van der Waals surface area contributed by atoms with Gasteiger partial charge < -0.3 is 20.4 Å². The zero-order valence-electron chi connectivity index (χ0n) is 40.8. The fraction of sp³-hybridized carbons (Fsp3) is 0.700. The van der Waals surface area contributed by atoms with E-state index < -0.39 is 140 Å². The number of carbonyl (C=O) groups is 4. The average Bonchev–Trinajstić information content (AvgIpc) is 3.14. The van der Waals surface area contributed by atoms with Crippen LogP contribution in [0.3, 0.4) is 0 Å². The van der Waals surface area contributed by atoms with Crippen LogP contribution in [-0.4, -0.2) is 116 Å². The quantitative estimate of drug-likeness (QED) is 0.0857. The van der Waals surface area contributed by atoms with Crippen molar-refractivity contribution in [2.24, 2.45) is 21.7 Å². The summed E-state index contributed by atoms with van der Waals surface area (Å²) in [7, 11) is 0. The van der Waals surface area contributed by atoms with E-state index >= 15 is 0 Å². The van der Waals surface area contributed by atoms with Crippen LogP contribution in [-0.2, 0) is 45.4 Å². The molecule has 37 heteroatoms. The molecule has 452 valence electrons. The van der Waals surface area contributed by atoms with Crippen LogP contribution in [0.4, 0.5) is 123 Å². The maximum absolute atomic E-state index is 12.9.